The number of hydrogen-bond donors (Lipinski definition) is 1. The van der Waals surface area contributed by atoms with Gasteiger partial charge in [-0.1, -0.05) is 17.7 Å². The molecule has 1 saturated heterocycles. The molecule has 0 bridgehead atoms. The van der Waals surface area contributed by atoms with Crippen LogP contribution in [0.2, 0.25) is 5.02 Å². The minimum Gasteiger partial charge on any atom is -0.496 e. The molecule has 2 heterocycles. The number of carbonyl (C=O) groups excluding carboxylic acids is 2. The van der Waals surface area contributed by atoms with E-state index in [-0.39, 0.29) is 24.1 Å². The zero-order chi connectivity index (χ0) is 18.5. The van der Waals surface area contributed by atoms with E-state index in [2.05, 4.69) is 5.32 Å². The maximum atomic E-state index is 12.7. The quantitative estimate of drug-likeness (QED) is 0.869. The Bertz CT molecular complexity index is 776. The van der Waals surface area contributed by atoms with E-state index in [0.29, 0.717) is 29.3 Å². The van der Waals surface area contributed by atoms with Crippen LogP contribution >= 0.6 is 11.6 Å². The van der Waals surface area contributed by atoms with Gasteiger partial charge in [0, 0.05) is 23.7 Å². The molecule has 0 radical (unpaired) electrons. The smallest absolute Gasteiger partial charge is 0.290 e. The zero-order valence-electron chi connectivity index (χ0n) is 14.5. The van der Waals surface area contributed by atoms with Gasteiger partial charge in [0.1, 0.15) is 11.8 Å². The summed E-state index contributed by atoms with van der Waals surface area (Å²) in [6, 6.07) is 8.09. The lowest BCUT2D eigenvalue weighted by molar-refractivity contribution is -0.126. The van der Waals surface area contributed by atoms with Crippen molar-refractivity contribution in [3.63, 3.8) is 0 Å². The van der Waals surface area contributed by atoms with Crippen LogP contribution in [-0.2, 0) is 11.3 Å². The Morgan fingerprint density at radius 1 is 1.31 bits per heavy atom. The largest absolute Gasteiger partial charge is 0.496 e. The molecule has 1 aliphatic heterocycles. The summed E-state index contributed by atoms with van der Waals surface area (Å²) in [6.07, 6.45) is 3.85. The first-order valence-electron chi connectivity index (χ1n) is 8.55. The second-order valence-corrected chi connectivity index (χ2v) is 6.53. The Labute approximate surface area is 157 Å². The van der Waals surface area contributed by atoms with E-state index in [1.807, 2.05) is 0 Å². The number of hydrogen-bond acceptors (Lipinski definition) is 4. The summed E-state index contributed by atoms with van der Waals surface area (Å²) in [5.41, 5.74) is 0.713. The number of amides is 2. The van der Waals surface area contributed by atoms with Crippen LogP contribution in [0.25, 0.3) is 0 Å². The Balaban J connectivity index is 1.71. The number of nitrogens with zero attached hydrogens (tertiary/aromatic N) is 1. The van der Waals surface area contributed by atoms with Gasteiger partial charge in [-0.05, 0) is 43.5 Å². The van der Waals surface area contributed by atoms with Gasteiger partial charge in [-0.3, -0.25) is 9.59 Å². The van der Waals surface area contributed by atoms with Gasteiger partial charge in [-0.2, -0.15) is 0 Å². The lowest BCUT2D eigenvalue weighted by Gasteiger charge is -2.34. The highest BCUT2D eigenvalue weighted by molar-refractivity contribution is 6.31. The van der Waals surface area contributed by atoms with Crippen LogP contribution < -0.4 is 10.1 Å². The number of carbonyl (C=O) groups is 2. The molecule has 1 unspecified atom stereocenters. The van der Waals surface area contributed by atoms with Gasteiger partial charge in [0.25, 0.3) is 5.91 Å². The standard InChI is InChI=1S/C19H21ClN2O4/c1-25-16-8-4-6-14(20)13(16)12-21-18(23)15-7-2-3-10-22(15)19(24)17-9-5-11-26-17/h4-6,8-9,11,15H,2-3,7,10,12H2,1H3,(H,21,23). The van der Waals surface area contributed by atoms with Crippen LogP contribution in [0.4, 0.5) is 0 Å². The third kappa shape index (κ3) is 3.85. The molecule has 138 valence electrons. The summed E-state index contributed by atoms with van der Waals surface area (Å²) in [5.74, 6) is 0.402. The van der Waals surface area contributed by atoms with Gasteiger partial charge >= 0.3 is 0 Å². The molecule has 1 aliphatic rings. The monoisotopic (exact) mass is 376 g/mol. The van der Waals surface area contributed by atoms with E-state index in [1.165, 1.54) is 6.26 Å². The van der Waals surface area contributed by atoms with Crippen molar-refractivity contribution in [3.05, 3.63) is 52.9 Å². The Kier molecular flexibility index (Phi) is 5.83. The molecule has 26 heavy (non-hydrogen) atoms. The number of rotatable bonds is 5. The minimum absolute atomic E-state index is 0.202. The molecule has 1 N–H and O–H groups in total. The second-order valence-electron chi connectivity index (χ2n) is 6.13. The summed E-state index contributed by atoms with van der Waals surface area (Å²) >= 11 is 6.22. The van der Waals surface area contributed by atoms with Crippen molar-refractivity contribution in [2.24, 2.45) is 0 Å². The molecule has 3 rings (SSSR count). The number of likely N-dealkylation sites (tertiary alicyclic amines) is 1. The van der Waals surface area contributed by atoms with E-state index in [0.717, 1.165) is 12.8 Å². The predicted molar refractivity (Wildman–Crippen MR) is 97.2 cm³/mol. The average Bonchev–Trinajstić information content (AvgIpc) is 3.20. The Morgan fingerprint density at radius 3 is 2.88 bits per heavy atom. The van der Waals surface area contributed by atoms with Crippen molar-refractivity contribution < 1.29 is 18.7 Å². The maximum absolute atomic E-state index is 12.7. The van der Waals surface area contributed by atoms with E-state index >= 15 is 0 Å². The number of methoxy groups -OCH3 is 1. The topological polar surface area (TPSA) is 71.8 Å². The first-order chi connectivity index (χ1) is 12.6. The van der Waals surface area contributed by atoms with Gasteiger partial charge < -0.3 is 19.4 Å². The Morgan fingerprint density at radius 2 is 2.15 bits per heavy atom. The lowest BCUT2D eigenvalue weighted by Crippen LogP contribution is -2.51. The van der Waals surface area contributed by atoms with Crippen LogP contribution in [-0.4, -0.2) is 36.4 Å². The van der Waals surface area contributed by atoms with E-state index in [1.54, 1.807) is 42.3 Å². The van der Waals surface area contributed by atoms with Crippen LogP contribution in [0, 0.1) is 0 Å². The molecule has 1 fully saturated rings. The van der Waals surface area contributed by atoms with Gasteiger partial charge in [0.15, 0.2) is 5.76 Å². The zero-order valence-corrected chi connectivity index (χ0v) is 15.3. The lowest BCUT2D eigenvalue weighted by atomic mass is 10.0. The van der Waals surface area contributed by atoms with Crippen molar-refractivity contribution in [1.29, 1.82) is 0 Å². The average molecular weight is 377 g/mol. The number of halogens is 1. The molecule has 6 nitrogen and oxygen atoms in total. The predicted octanol–water partition coefficient (Wildman–Crippen LogP) is 3.25. The Hall–Kier alpha value is -2.47. The van der Waals surface area contributed by atoms with E-state index in [9.17, 15) is 9.59 Å². The molecule has 0 spiro atoms. The number of benzene rings is 1. The first-order valence-corrected chi connectivity index (χ1v) is 8.93. The van der Waals surface area contributed by atoms with Crippen LogP contribution in [0.5, 0.6) is 5.75 Å². The highest BCUT2D eigenvalue weighted by Gasteiger charge is 2.33. The van der Waals surface area contributed by atoms with Crippen molar-refractivity contribution in [2.75, 3.05) is 13.7 Å². The summed E-state index contributed by atoms with van der Waals surface area (Å²) in [7, 11) is 1.56. The number of furan rings is 1. The van der Waals surface area contributed by atoms with Crippen LogP contribution in [0.3, 0.4) is 0 Å². The van der Waals surface area contributed by atoms with Gasteiger partial charge in [0.2, 0.25) is 5.91 Å². The number of nitrogens with one attached hydrogen (secondary N) is 1. The fourth-order valence-corrected chi connectivity index (χ4v) is 3.42. The van der Waals surface area contributed by atoms with Crippen molar-refractivity contribution in [2.45, 2.75) is 31.8 Å². The molecular formula is C19H21ClN2O4. The molecule has 0 saturated carbocycles. The fourth-order valence-electron chi connectivity index (χ4n) is 3.18. The third-order valence-electron chi connectivity index (χ3n) is 4.53. The van der Waals surface area contributed by atoms with Crippen molar-refractivity contribution >= 4 is 23.4 Å². The summed E-state index contributed by atoms with van der Waals surface area (Å²) in [6.45, 7) is 0.772. The van der Waals surface area contributed by atoms with Crippen molar-refractivity contribution in [3.8, 4) is 5.75 Å². The van der Waals surface area contributed by atoms with Crippen LogP contribution in [0.1, 0.15) is 35.4 Å². The third-order valence-corrected chi connectivity index (χ3v) is 4.89. The summed E-state index contributed by atoms with van der Waals surface area (Å²) in [4.78, 5) is 26.9. The molecule has 1 aromatic heterocycles. The number of piperidine rings is 1. The molecule has 2 aromatic rings. The molecule has 7 heteroatoms. The molecule has 1 aromatic carbocycles. The van der Waals surface area contributed by atoms with Crippen LogP contribution in [0.15, 0.2) is 41.0 Å². The molecule has 2 amide bonds. The van der Waals surface area contributed by atoms with E-state index in [4.69, 9.17) is 20.8 Å². The van der Waals surface area contributed by atoms with Crippen molar-refractivity contribution in [1.82, 2.24) is 10.2 Å². The molecule has 1 atom stereocenters. The van der Waals surface area contributed by atoms with Gasteiger partial charge in [0.05, 0.1) is 13.4 Å². The minimum atomic E-state index is -0.519. The normalized spacial score (nSPS) is 17.0. The highest BCUT2D eigenvalue weighted by atomic mass is 35.5. The van der Waals surface area contributed by atoms with E-state index < -0.39 is 6.04 Å². The summed E-state index contributed by atoms with van der Waals surface area (Å²) in [5, 5.41) is 3.41. The second kappa shape index (κ2) is 8.27. The number of ether oxygens (including phenoxy) is 1. The fraction of sp³-hybridized carbons (Fsp3) is 0.368. The molecule has 0 aliphatic carbocycles. The maximum Gasteiger partial charge on any atom is 0.290 e. The highest BCUT2D eigenvalue weighted by Crippen LogP contribution is 2.26. The summed E-state index contributed by atoms with van der Waals surface area (Å²) < 4.78 is 10.5. The molecular weight excluding hydrogens is 356 g/mol. The van der Waals surface area contributed by atoms with Gasteiger partial charge in [-0.15, -0.1) is 0 Å². The SMILES string of the molecule is COc1cccc(Cl)c1CNC(=O)C1CCCCN1C(=O)c1ccco1. The first kappa shape index (κ1) is 18.3. The van der Waals surface area contributed by atoms with Gasteiger partial charge in [-0.25, -0.2) is 0 Å².